The largest absolute Gasteiger partial charge is 0.375 e. The van der Waals surface area contributed by atoms with Crippen LogP contribution in [0.15, 0.2) is 29.2 Å². The van der Waals surface area contributed by atoms with Crippen LogP contribution in [0.5, 0.6) is 0 Å². The Morgan fingerprint density at radius 3 is 2.70 bits per heavy atom. The van der Waals surface area contributed by atoms with Crippen LogP contribution in [-0.2, 0) is 14.3 Å². The molecule has 1 aromatic rings. The second-order valence-corrected chi connectivity index (χ2v) is 5.66. The molecule has 6 nitrogen and oxygen atoms in total. The van der Waals surface area contributed by atoms with E-state index in [1.807, 2.05) is 0 Å². The van der Waals surface area contributed by atoms with Crippen LogP contribution in [0.25, 0.3) is 6.08 Å². The molecule has 2 rings (SSSR count). The molecule has 1 N–H and O–H groups in total. The Hall–Kier alpha value is -2.19. The van der Waals surface area contributed by atoms with E-state index in [0.717, 1.165) is 16.7 Å². The number of hydrogen-bond donors (Lipinski definition) is 1. The molecule has 1 aliphatic rings. The van der Waals surface area contributed by atoms with E-state index in [9.17, 15) is 18.8 Å². The first kappa shape index (κ1) is 17.2. The second kappa shape index (κ2) is 7.89. The van der Waals surface area contributed by atoms with Crippen LogP contribution in [-0.4, -0.2) is 48.8 Å². The number of nitrogens with zero attached hydrogens (tertiary/aromatic N) is 1. The zero-order chi connectivity index (χ0) is 16.8. The summed E-state index contributed by atoms with van der Waals surface area (Å²) in [5.41, 5.74) is 0.630. The lowest BCUT2D eigenvalue weighted by molar-refractivity contribution is -0.126. The maximum atomic E-state index is 12.9. The summed E-state index contributed by atoms with van der Waals surface area (Å²) in [6.45, 7) is 0.164. The molecule has 1 aliphatic heterocycles. The summed E-state index contributed by atoms with van der Waals surface area (Å²) in [7, 11) is 1.40. The van der Waals surface area contributed by atoms with Gasteiger partial charge in [0.15, 0.2) is 0 Å². The summed E-state index contributed by atoms with van der Waals surface area (Å²) in [4.78, 5) is 36.6. The minimum atomic E-state index is -0.426. The first-order valence-electron chi connectivity index (χ1n) is 6.78. The molecule has 1 aromatic carbocycles. The van der Waals surface area contributed by atoms with Gasteiger partial charge in [-0.15, -0.1) is 0 Å². The molecule has 0 aromatic heterocycles. The number of halogens is 1. The maximum Gasteiger partial charge on any atom is 0.293 e. The van der Waals surface area contributed by atoms with Gasteiger partial charge >= 0.3 is 0 Å². The average molecular weight is 338 g/mol. The molecule has 8 heteroatoms. The highest BCUT2D eigenvalue weighted by atomic mass is 32.2. The molecule has 0 bridgehead atoms. The van der Waals surface area contributed by atoms with Crippen molar-refractivity contribution < 1.29 is 23.5 Å². The molecule has 3 amide bonds. The zero-order valence-electron chi connectivity index (χ0n) is 12.4. The fourth-order valence-electron chi connectivity index (χ4n) is 1.89. The topological polar surface area (TPSA) is 75.7 Å². The van der Waals surface area contributed by atoms with E-state index in [2.05, 4.69) is 10.1 Å². The molecule has 1 heterocycles. The van der Waals surface area contributed by atoms with Crippen molar-refractivity contribution in [1.82, 2.24) is 10.2 Å². The van der Waals surface area contributed by atoms with Crippen molar-refractivity contribution in [2.75, 3.05) is 26.8 Å². The Bertz CT molecular complexity index is 645. The number of rotatable bonds is 6. The third kappa shape index (κ3) is 4.64. The lowest BCUT2D eigenvalue weighted by Gasteiger charge is -2.12. The molecule has 0 saturated carbocycles. The van der Waals surface area contributed by atoms with Gasteiger partial charge in [-0.2, -0.15) is 0 Å². The van der Waals surface area contributed by atoms with E-state index >= 15 is 0 Å². The van der Waals surface area contributed by atoms with E-state index in [-0.39, 0.29) is 36.3 Å². The first-order valence-corrected chi connectivity index (χ1v) is 7.59. The number of thioether (sulfide) groups is 1. The summed E-state index contributed by atoms with van der Waals surface area (Å²) in [5.74, 6) is -1.12. The minimum absolute atomic E-state index is 0.0770. The van der Waals surface area contributed by atoms with Crippen molar-refractivity contribution in [3.05, 3.63) is 40.6 Å². The number of imide groups is 1. The van der Waals surface area contributed by atoms with Crippen molar-refractivity contribution in [1.29, 1.82) is 0 Å². The predicted octanol–water partition coefficient (Wildman–Crippen LogP) is 1.62. The molecular formula is C15H15FN2O4S. The maximum absolute atomic E-state index is 12.9. The summed E-state index contributed by atoms with van der Waals surface area (Å²) in [6.07, 6.45) is 1.54. The van der Waals surface area contributed by atoms with Gasteiger partial charge in [-0.25, -0.2) is 4.39 Å². The van der Waals surface area contributed by atoms with Gasteiger partial charge < -0.3 is 10.1 Å². The van der Waals surface area contributed by atoms with Crippen LogP contribution in [0.1, 0.15) is 5.56 Å². The smallest absolute Gasteiger partial charge is 0.293 e. The standard InChI is InChI=1S/C15H15FN2O4S/c1-22-9-13(19)17-6-7-18-14(20)12(23-15(18)21)8-10-2-4-11(16)5-3-10/h2-5,8H,6-7,9H2,1H3,(H,17,19)/b12-8-. The number of amides is 3. The Balaban J connectivity index is 1.96. The SMILES string of the molecule is COCC(=O)NCCN1C(=O)S/C(=C\c2ccc(F)cc2)C1=O. The van der Waals surface area contributed by atoms with E-state index in [0.29, 0.717) is 5.56 Å². The molecule has 23 heavy (non-hydrogen) atoms. The normalized spacial score (nSPS) is 16.3. The third-order valence-corrected chi connectivity index (χ3v) is 3.88. The lowest BCUT2D eigenvalue weighted by Crippen LogP contribution is -2.38. The molecular weight excluding hydrogens is 323 g/mol. The number of hydrogen-bond acceptors (Lipinski definition) is 5. The molecule has 0 radical (unpaired) electrons. The van der Waals surface area contributed by atoms with Gasteiger partial charge in [0.2, 0.25) is 5.91 Å². The van der Waals surface area contributed by atoms with Gasteiger partial charge in [0.1, 0.15) is 12.4 Å². The highest BCUT2D eigenvalue weighted by molar-refractivity contribution is 8.18. The average Bonchev–Trinajstić information content (AvgIpc) is 2.77. The fourth-order valence-corrected chi connectivity index (χ4v) is 2.76. The van der Waals surface area contributed by atoms with Gasteiger partial charge in [0.25, 0.3) is 11.1 Å². The second-order valence-electron chi connectivity index (χ2n) is 4.67. The Morgan fingerprint density at radius 2 is 2.04 bits per heavy atom. The van der Waals surface area contributed by atoms with Gasteiger partial charge in [-0.05, 0) is 35.5 Å². The van der Waals surface area contributed by atoms with Crippen LogP contribution >= 0.6 is 11.8 Å². The van der Waals surface area contributed by atoms with Crippen molar-refractivity contribution in [3.63, 3.8) is 0 Å². The molecule has 1 fully saturated rings. The molecule has 122 valence electrons. The quantitative estimate of drug-likeness (QED) is 0.798. The van der Waals surface area contributed by atoms with E-state index in [1.165, 1.54) is 37.5 Å². The molecule has 0 spiro atoms. The lowest BCUT2D eigenvalue weighted by atomic mass is 10.2. The van der Waals surface area contributed by atoms with Gasteiger partial charge in [0, 0.05) is 20.2 Å². The van der Waals surface area contributed by atoms with Gasteiger partial charge in [-0.1, -0.05) is 12.1 Å². The Kier molecular flexibility index (Phi) is 5.89. The monoisotopic (exact) mass is 338 g/mol. The number of carbonyl (C=O) groups is 3. The fraction of sp³-hybridized carbons (Fsp3) is 0.267. The molecule has 0 atom stereocenters. The first-order chi connectivity index (χ1) is 11.0. The molecule has 0 unspecified atom stereocenters. The molecule has 1 saturated heterocycles. The van der Waals surface area contributed by atoms with Gasteiger partial charge in [-0.3, -0.25) is 19.3 Å². The number of nitrogens with one attached hydrogen (secondary N) is 1. The summed E-state index contributed by atoms with van der Waals surface area (Å²) in [6, 6.07) is 5.60. The summed E-state index contributed by atoms with van der Waals surface area (Å²) < 4.78 is 17.5. The van der Waals surface area contributed by atoms with E-state index in [4.69, 9.17) is 0 Å². The minimum Gasteiger partial charge on any atom is -0.375 e. The van der Waals surface area contributed by atoms with Crippen LogP contribution in [0.4, 0.5) is 9.18 Å². The van der Waals surface area contributed by atoms with Gasteiger partial charge in [0.05, 0.1) is 4.91 Å². The van der Waals surface area contributed by atoms with Crippen molar-refractivity contribution >= 4 is 34.9 Å². The number of ether oxygens (including phenoxy) is 1. The van der Waals surface area contributed by atoms with E-state index < -0.39 is 11.1 Å². The highest BCUT2D eigenvalue weighted by Crippen LogP contribution is 2.31. The third-order valence-electron chi connectivity index (χ3n) is 2.97. The van der Waals surface area contributed by atoms with Crippen molar-refractivity contribution in [2.24, 2.45) is 0 Å². The zero-order valence-corrected chi connectivity index (χ0v) is 13.2. The van der Waals surface area contributed by atoms with Crippen molar-refractivity contribution in [2.45, 2.75) is 0 Å². The van der Waals surface area contributed by atoms with Crippen LogP contribution in [0.3, 0.4) is 0 Å². The Labute approximate surface area is 136 Å². The van der Waals surface area contributed by atoms with Crippen molar-refractivity contribution in [3.8, 4) is 0 Å². The van der Waals surface area contributed by atoms with E-state index in [1.54, 1.807) is 0 Å². The Morgan fingerprint density at radius 1 is 1.35 bits per heavy atom. The van der Waals surface area contributed by atoms with Crippen LogP contribution in [0.2, 0.25) is 0 Å². The summed E-state index contributed by atoms with van der Waals surface area (Å²) in [5, 5.41) is 2.14. The summed E-state index contributed by atoms with van der Waals surface area (Å²) >= 11 is 0.817. The predicted molar refractivity (Wildman–Crippen MR) is 84.0 cm³/mol. The van der Waals surface area contributed by atoms with Crippen LogP contribution in [0, 0.1) is 5.82 Å². The number of benzene rings is 1. The number of methoxy groups -OCH3 is 1. The highest BCUT2D eigenvalue weighted by Gasteiger charge is 2.34. The number of carbonyl (C=O) groups excluding carboxylic acids is 3. The van der Waals surface area contributed by atoms with Crippen LogP contribution < -0.4 is 5.32 Å². The molecule has 0 aliphatic carbocycles.